The number of rotatable bonds is 5. The second-order valence-corrected chi connectivity index (χ2v) is 11.0. The van der Waals surface area contributed by atoms with Gasteiger partial charge in [-0.05, 0) is 57.1 Å². The number of hydrogen-bond donors (Lipinski definition) is 2. The zero-order valence-electron chi connectivity index (χ0n) is 18.0. The van der Waals surface area contributed by atoms with Crippen LogP contribution in [-0.4, -0.2) is 42.6 Å². The van der Waals surface area contributed by atoms with E-state index in [1.165, 1.54) is 12.1 Å². The minimum Gasteiger partial charge on any atom is -0.465 e. The van der Waals surface area contributed by atoms with Gasteiger partial charge in [0.2, 0.25) is 0 Å². The molecule has 1 amide bonds. The van der Waals surface area contributed by atoms with Gasteiger partial charge in [0, 0.05) is 0 Å². The molecule has 1 aromatic rings. The number of amides is 1. The quantitative estimate of drug-likeness (QED) is 0.622. The molecule has 2 atom stereocenters. The Kier molecular flexibility index (Phi) is 7.59. The maximum atomic E-state index is 13.1. The van der Waals surface area contributed by atoms with Crippen LogP contribution >= 0.6 is 0 Å². The minimum absolute atomic E-state index is 0.161. The number of nitrogens with one attached hydrogen (secondary N) is 1. The van der Waals surface area contributed by atoms with Crippen LogP contribution in [0.2, 0.25) is 0 Å². The van der Waals surface area contributed by atoms with Crippen LogP contribution in [0, 0.1) is 11.3 Å². The van der Waals surface area contributed by atoms with Crippen LogP contribution in [0.25, 0.3) is 0 Å². The third kappa shape index (κ3) is 6.38. The number of halogens is 3. The summed E-state index contributed by atoms with van der Waals surface area (Å²) in [5.74, 6) is 0. The molecule has 2 N–H and O–H groups in total. The highest BCUT2D eigenvalue weighted by Crippen LogP contribution is 2.39. The Labute approximate surface area is 190 Å². The first kappa shape index (κ1) is 25.3. The van der Waals surface area contributed by atoms with Crippen LogP contribution in [0.4, 0.5) is 18.0 Å². The molecule has 3 aliphatic carbocycles. The third-order valence-electron chi connectivity index (χ3n) is 6.27. The standard InChI is InChI=1S/C17H21F3O3S.C5H6N2O2/c18-17(19,20)15-7-3-4-8-16(15)24(21,22)14-10-9-13(11-14)23-12-5-1-2-6-12;6-3-5(1-2-5)7-4(8)9/h3-4,7-8,12-14H,1-2,5-6,9-11H2;7H,1-2H2,(H,8,9)/t13-,14-;/m0./s1. The number of carboxylic acid groups (broad SMARTS) is 1. The lowest BCUT2D eigenvalue weighted by molar-refractivity contribution is -0.139. The molecule has 33 heavy (non-hydrogen) atoms. The van der Waals surface area contributed by atoms with Crippen molar-refractivity contribution in [3.05, 3.63) is 29.8 Å². The molecule has 0 bridgehead atoms. The van der Waals surface area contributed by atoms with Gasteiger partial charge in [0.15, 0.2) is 9.84 Å². The van der Waals surface area contributed by atoms with Crippen LogP contribution in [0.3, 0.4) is 0 Å². The summed E-state index contributed by atoms with van der Waals surface area (Å²) < 4.78 is 70.8. The van der Waals surface area contributed by atoms with Crippen molar-refractivity contribution in [2.75, 3.05) is 0 Å². The van der Waals surface area contributed by atoms with E-state index in [2.05, 4.69) is 5.32 Å². The number of carbonyl (C=O) groups is 1. The molecule has 0 spiro atoms. The smallest absolute Gasteiger partial charge is 0.417 e. The van der Waals surface area contributed by atoms with Gasteiger partial charge in [0.1, 0.15) is 5.54 Å². The molecule has 182 valence electrons. The first-order valence-corrected chi connectivity index (χ1v) is 12.5. The second-order valence-electron chi connectivity index (χ2n) is 8.76. The molecule has 0 aliphatic heterocycles. The molecule has 1 aromatic carbocycles. The summed E-state index contributed by atoms with van der Waals surface area (Å²) in [5.41, 5.74) is -1.81. The van der Waals surface area contributed by atoms with Gasteiger partial charge in [-0.15, -0.1) is 0 Å². The molecule has 7 nitrogen and oxygen atoms in total. The summed E-state index contributed by atoms with van der Waals surface area (Å²) in [5, 5.41) is 17.8. The van der Waals surface area contributed by atoms with Crippen molar-refractivity contribution in [2.45, 2.75) is 91.9 Å². The highest BCUT2D eigenvalue weighted by Gasteiger charge is 2.45. The fourth-order valence-corrected chi connectivity index (χ4v) is 6.36. The van der Waals surface area contributed by atoms with Crippen molar-refractivity contribution < 1.29 is 36.2 Å². The molecule has 0 heterocycles. The van der Waals surface area contributed by atoms with Crippen LogP contribution in [0.5, 0.6) is 0 Å². The van der Waals surface area contributed by atoms with Gasteiger partial charge < -0.3 is 15.2 Å². The number of ether oxygens (including phenoxy) is 1. The fourth-order valence-electron chi connectivity index (χ4n) is 4.33. The van der Waals surface area contributed by atoms with Gasteiger partial charge in [-0.2, -0.15) is 18.4 Å². The largest absolute Gasteiger partial charge is 0.465 e. The minimum atomic E-state index is -4.68. The maximum Gasteiger partial charge on any atom is 0.417 e. The van der Waals surface area contributed by atoms with Gasteiger partial charge >= 0.3 is 12.3 Å². The van der Waals surface area contributed by atoms with Crippen LogP contribution in [0.1, 0.15) is 63.4 Å². The van der Waals surface area contributed by atoms with Crippen LogP contribution < -0.4 is 5.32 Å². The van der Waals surface area contributed by atoms with Gasteiger partial charge in [0.25, 0.3) is 0 Å². The third-order valence-corrected chi connectivity index (χ3v) is 8.55. The van der Waals surface area contributed by atoms with Crippen molar-refractivity contribution in [3.8, 4) is 6.07 Å². The molecular formula is C22H27F3N2O5S. The molecule has 0 radical (unpaired) electrons. The Morgan fingerprint density at radius 1 is 1.12 bits per heavy atom. The van der Waals surface area contributed by atoms with E-state index in [0.29, 0.717) is 25.7 Å². The monoisotopic (exact) mass is 488 g/mol. The Bertz CT molecular complexity index is 996. The molecule has 3 saturated carbocycles. The topological polar surface area (TPSA) is 116 Å². The summed E-state index contributed by atoms with van der Waals surface area (Å²) in [6.07, 6.45) is 0.976. The molecule has 4 rings (SSSR count). The maximum absolute atomic E-state index is 13.1. The van der Waals surface area contributed by atoms with Crippen LogP contribution in [0.15, 0.2) is 29.2 Å². The lowest BCUT2D eigenvalue weighted by Crippen LogP contribution is -2.33. The predicted octanol–water partition coefficient (Wildman–Crippen LogP) is 4.67. The molecule has 0 saturated heterocycles. The lowest BCUT2D eigenvalue weighted by atomic mass is 10.2. The van der Waals surface area contributed by atoms with E-state index in [-0.39, 0.29) is 18.6 Å². The van der Waals surface area contributed by atoms with E-state index in [1.807, 2.05) is 6.07 Å². The fraction of sp³-hybridized carbons (Fsp3) is 0.636. The zero-order chi connectivity index (χ0) is 24.3. The Balaban J connectivity index is 0.000000286. The summed E-state index contributed by atoms with van der Waals surface area (Å²) >= 11 is 0. The van der Waals surface area contributed by atoms with Crippen molar-refractivity contribution in [2.24, 2.45) is 0 Å². The average Bonchev–Trinajstić information content (AvgIpc) is 3.13. The van der Waals surface area contributed by atoms with E-state index in [4.69, 9.17) is 15.1 Å². The van der Waals surface area contributed by atoms with Crippen molar-refractivity contribution in [1.82, 2.24) is 5.32 Å². The highest BCUT2D eigenvalue weighted by molar-refractivity contribution is 7.92. The number of nitrogens with zero attached hydrogens (tertiary/aromatic N) is 1. The molecule has 11 heteroatoms. The van der Waals surface area contributed by atoms with E-state index < -0.39 is 43.4 Å². The van der Waals surface area contributed by atoms with Crippen molar-refractivity contribution >= 4 is 15.9 Å². The first-order valence-electron chi connectivity index (χ1n) is 10.9. The number of benzene rings is 1. The SMILES string of the molecule is N#CC1(NC(=O)O)CC1.O=S(=O)(c1ccccc1C(F)(F)F)[C@H]1CC[C@H](OC2CCCC2)C1. The molecule has 0 unspecified atom stereocenters. The molecule has 3 fully saturated rings. The Morgan fingerprint density at radius 2 is 1.76 bits per heavy atom. The predicted molar refractivity (Wildman–Crippen MR) is 112 cm³/mol. The van der Waals surface area contributed by atoms with Gasteiger partial charge in [0.05, 0.1) is 34.0 Å². The summed E-state index contributed by atoms with van der Waals surface area (Å²) in [6.45, 7) is 0. The van der Waals surface area contributed by atoms with Gasteiger partial charge in [-0.3, -0.25) is 0 Å². The normalized spacial score (nSPS) is 24.4. The highest BCUT2D eigenvalue weighted by atomic mass is 32.2. The number of nitriles is 1. The zero-order valence-corrected chi connectivity index (χ0v) is 18.8. The van der Waals surface area contributed by atoms with Crippen molar-refractivity contribution in [1.29, 1.82) is 5.26 Å². The van der Waals surface area contributed by atoms with Crippen molar-refractivity contribution in [3.63, 3.8) is 0 Å². The molecular weight excluding hydrogens is 461 g/mol. The number of alkyl halides is 3. The van der Waals surface area contributed by atoms with E-state index >= 15 is 0 Å². The Hall–Kier alpha value is -2.32. The molecule has 3 aliphatic rings. The van der Waals surface area contributed by atoms with E-state index in [0.717, 1.165) is 37.8 Å². The lowest BCUT2D eigenvalue weighted by Gasteiger charge is -2.19. The average molecular weight is 489 g/mol. The van der Waals surface area contributed by atoms with Gasteiger partial charge in [-0.25, -0.2) is 13.2 Å². The Morgan fingerprint density at radius 3 is 2.27 bits per heavy atom. The summed E-state index contributed by atoms with van der Waals surface area (Å²) in [7, 11) is -4.02. The van der Waals surface area contributed by atoms with Gasteiger partial charge in [-0.1, -0.05) is 25.0 Å². The first-order chi connectivity index (χ1) is 15.5. The summed E-state index contributed by atoms with van der Waals surface area (Å²) in [6, 6.07) is 6.33. The summed E-state index contributed by atoms with van der Waals surface area (Å²) in [4.78, 5) is 9.34. The molecule has 0 aromatic heterocycles. The van der Waals surface area contributed by atoms with Crippen LogP contribution in [-0.2, 0) is 20.8 Å². The number of sulfone groups is 1. The van der Waals surface area contributed by atoms with E-state index in [9.17, 15) is 26.4 Å². The second kappa shape index (κ2) is 9.89. The number of hydrogen-bond acceptors (Lipinski definition) is 5. The van der Waals surface area contributed by atoms with E-state index in [1.54, 1.807) is 0 Å².